The SMILES string of the molecule is O=C(O)c1ccc(CNC(=O)c2cnc(C3CC3)s2)s1. The van der Waals surface area contributed by atoms with Gasteiger partial charge in [-0.15, -0.1) is 22.7 Å². The molecule has 104 valence electrons. The highest BCUT2D eigenvalue weighted by Crippen LogP contribution is 2.41. The van der Waals surface area contributed by atoms with E-state index in [2.05, 4.69) is 10.3 Å². The summed E-state index contributed by atoms with van der Waals surface area (Å²) >= 11 is 2.61. The molecule has 2 aromatic heterocycles. The number of thiophene rings is 1. The van der Waals surface area contributed by atoms with Crippen LogP contribution in [0.4, 0.5) is 0 Å². The molecular formula is C13H12N2O3S2. The van der Waals surface area contributed by atoms with E-state index in [-0.39, 0.29) is 10.8 Å². The lowest BCUT2D eigenvalue weighted by atomic mass is 10.4. The van der Waals surface area contributed by atoms with E-state index in [1.165, 1.54) is 35.5 Å². The van der Waals surface area contributed by atoms with Crippen LogP contribution in [0.3, 0.4) is 0 Å². The zero-order chi connectivity index (χ0) is 14.1. The number of carboxylic acid groups (broad SMARTS) is 1. The van der Waals surface area contributed by atoms with Gasteiger partial charge in [-0.25, -0.2) is 9.78 Å². The molecule has 0 aromatic carbocycles. The second-order valence-electron chi connectivity index (χ2n) is 4.59. The third-order valence-corrected chi connectivity index (χ3v) is 5.20. The predicted octanol–water partition coefficient (Wildman–Crippen LogP) is 2.71. The van der Waals surface area contributed by atoms with Gasteiger partial charge in [0.05, 0.1) is 17.7 Å². The number of carbonyl (C=O) groups excluding carboxylic acids is 1. The van der Waals surface area contributed by atoms with E-state index < -0.39 is 5.97 Å². The minimum atomic E-state index is -0.941. The second-order valence-corrected chi connectivity index (χ2v) is 6.82. The molecule has 2 heterocycles. The van der Waals surface area contributed by atoms with E-state index in [1.54, 1.807) is 18.3 Å². The van der Waals surface area contributed by atoms with Gasteiger partial charge in [-0.3, -0.25) is 4.79 Å². The van der Waals surface area contributed by atoms with Crippen molar-refractivity contribution in [3.63, 3.8) is 0 Å². The lowest BCUT2D eigenvalue weighted by molar-refractivity contribution is 0.0702. The van der Waals surface area contributed by atoms with E-state index in [0.717, 1.165) is 9.88 Å². The van der Waals surface area contributed by atoms with Gasteiger partial charge in [0.1, 0.15) is 9.75 Å². The van der Waals surface area contributed by atoms with Crippen LogP contribution in [0, 0.1) is 0 Å². The number of carboxylic acids is 1. The average molecular weight is 308 g/mol. The van der Waals surface area contributed by atoms with Crippen molar-refractivity contribution in [3.8, 4) is 0 Å². The highest BCUT2D eigenvalue weighted by atomic mass is 32.1. The van der Waals surface area contributed by atoms with E-state index in [0.29, 0.717) is 17.3 Å². The van der Waals surface area contributed by atoms with Crippen LogP contribution in [0.2, 0.25) is 0 Å². The van der Waals surface area contributed by atoms with E-state index in [1.807, 2.05) is 0 Å². The normalized spacial score (nSPS) is 14.2. The van der Waals surface area contributed by atoms with Crippen LogP contribution in [-0.4, -0.2) is 22.0 Å². The highest BCUT2D eigenvalue weighted by Gasteiger charge is 2.27. The van der Waals surface area contributed by atoms with Gasteiger partial charge in [-0.2, -0.15) is 0 Å². The Kier molecular flexibility index (Phi) is 3.54. The first-order valence-corrected chi connectivity index (χ1v) is 7.82. The summed E-state index contributed by atoms with van der Waals surface area (Å²) in [5.74, 6) is -0.541. The van der Waals surface area contributed by atoms with Crippen LogP contribution in [-0.2, 0) is 6.54 Å². The third kappa shape index (κ3) is 2.88. The van der Waals surface area contributed by atoms with E-state index in [9.17, 15) is 9.59 Å². The molecule has 0 atom stereocenters. The molecule has 2 N–H and O–H groups in total. The summed E-state index contributed by atoms with van der Waals surface area (Å²) in [6.45, 7) is 0.341. The number of nitrogens with one attached hydrogen (secondary N) is 1. The van der Waals surface area contributed by atoms with Crippen molar-refractivity contribution in [2.45, 2.75) is 25.3 Å². The number of aromatic carboxylic acids is 1. The zero-order valence-electron chi connectivity index (χ0n) is 10.5. The Morgan fingerprint density at radius 3 is 2.75 bits per heavy atom. The van der Waals surface area contributed by atoms with Crippen LogP contribution in [0.25, 0.3) is 0 Å². The van der Waals surface area contributed by atoms with Gasteiger partial charge < -0.3 is 10.4 Å². The molecule has 2 aromatic rings. The van der Waals surface area contributed by atoms with Gasteiger partial charge in [0.25, 0.3) is 5.91 Å². The number of amides is 1. The molecule has 5 nitrogen and oxygen atoms in total. The van der Waals surface area contributed by atoms with Crippen LogP contribution in [0.15, 0.2) is 18.3 Å². The predicted molar refractivity (Wildman–Crippen MR) is 76.5 cm³/mol. The lowest BCUT2D eigenvalue weighted by Gasteiger charge is -2.00. The fourth-order valence-corrected chi connectivity index (χ4v) is 3.54. The van der Waals surface area contributed by atoms with Gasteiger partial charge in [-0.05, 0) is 25.0 Å². The molecule has 3 rings (SSSR count). The van der Waals surface area contributed by atoms with Crippen LogP contribution >= 0.6 is 22.7 Å². The lowest BCUT2D eigenvalue weighted by Crippen LogP contribution is -2.21. The summed E-state index contributed by atoms with van der Waals surface area (Å²) in [4.78, 5) is 28.7. The first kappa shape index (κ1) is 13.3. The quantitative estimate of drug-likeness (QED) is 0.890. The Labute approximate surface area is 123 Å². The fourth-order valence-electron chi connectivity index (χ4n) is 1.75. The molecule has 1 aliphatic carbocycles. The largest absolute Gasteiger partial charge is 0.477 e. The standard InChI is InChI=1S/C13H12N2O3S2/c16-11(10-6-15-12(20-10)7-1-2-7)14-5-8-3-4-9(19-8)13(17)18/h3-4,6-7H,1-2,5H2,(H,14,16)(H,17,18). The second kappa shape index (κ2) is 5.34. The molecule has 0 radical (unpaired) electrons. The summed E-state index contributed by atoms with van der Waals surface area (Å²) in [5.41, 5.74) is 0. The fraction of sp³-hybridized carbons (Fsp3) is 0.308. The highest BCUT2D eigenvalue weighted by molar-refractivity contribution is 7.14. The number of hydrogen-bond donors (Lipinski definition) is 2. The summed E-state index contributed by atoms with van der Waals surface area (Å²) in [5, 5.41) is 12.7. The van der Waals surface area contributed by atoms with Crippen molar-refractivity contribution in [1.82, 2.24) is 10.3 Å². The summed E-state index contributed by atoms with van der Waals surface area (Å²) in [6.07, 6.45) is 3.95. The molecule has 0 saturated heterocycles. The Morgan fingerprint density at radius 2 is 2.10 bits per heavy atom. The number of nitrogens with zero attached hydrogens (tertiary/aromatic N) is 1. The maximum atomic E-state index is 12.0. The maximum Gasteiger partial charge on any atom is 0.345 e. The van der Waals surface area contributed by atoms with Gasteiger partial charge in [0, 0.05) is 10.8 Å². The minimum Gasteiger partial charge on any atom is -0.477 e. The van der Waals surface area contributed by atoms with E-state index >= 15 is 0 Å². The molecule has 1 amide bonds. The summed E-state index contributed by atoms with van der Waals surface area (Å²) < 4.78 is 0. The summed E-state index contributed by atoms with van der Waals surface area (Å²) in [6, 6.07) is 3.27. The monoisotopic (exact) mass is 308 g/mol. The molecule has 7 heteroatoms. The number of aromatic nitrogens is 1. The van der Waals surface area contributed by atoms with Gasteiger partial charge in [0.2, 0.25) is 0 Å². The van der Waals surface area contributed by atoms with Crippen molar-refractivity contribution < 1.29 is 14.7 Å². The molecule has 20 heavy (non-hydrogen) atoms. The minimum absolute atomic E-state index is 0.153. The van der Waals surface area contributed by atoms with E-state index in [4.69, 9.17) is 5.11 Å². The van der Waals surface area contributed by atoms with Crippen molar-refractivity contribution in [2.75, 3.05) is 0 Å². The Hall–Kier alpha value is -1.73. The summed E-state index contributed by atoms with van der Waals surface area (Å²) in [7, 11) is 0. The number of thiazole rings is 1. The molecule has 0 bridgehead atoms. The Balaban J connectivity index is 1.58. The topological polar surface area (TPSA) is 79.3 Å². The number of hydrogen-bond acceptors (Lipinski definition) is 5. The molecule has 0 aliphatic heterocycles. The smallest absolute Gasteiger partial charge is 0.345 e. The first-order chi connectivity index (χ1) is 9.63. The van der Waals surface area contributed by atoms with Crippen molar-refractivity contribution in [1.29, 1.82) is 0 Å². The molecule has 0 unspecified atom stereocenters. The zero-order valence-corrected chi connectivity index (χ0v) is 12.1. The van der Waals surface area contributed by atoms with Crippen molar-refractivity contribution in [3.05, 3.63) is 38.0 Å². The molecule has 1 saturated carbocycles. The van der Waals surface area contributed by atoms with Gasteiger partial charge >= 0.3 is 5.97 Å². The molecular weight excluding hydrogens is 296 g/mol. The van der Waals surface area contributed by atoms with Crippen LogP contribution < -0.4 is 5.32 Å². The average Bonchev–Trinajstić information content (AvgIpc) is 2.98. The van der Waals surface area contributed by atoms with Gasteiger partial charge in [0.15, 0.2) is 0 Å². The van der Waals surface area contributed by atoms with Crippen LogP contribution in [0.1, 0.15) is 48.0 Å². The molecule has 1 aliphatic rings. The number of rotatable bonds is 5. The molecule has 1 fully saturated rings. The van der Waals surface area contributed by atoms with Crippen molar-refractivity contribution >= 4 is 34.6 Å². The Morgan fingerprint density at radius 1 is 1.30 bits per heavy atom. The molecule has 0 spiro atoms. The third-order valence-electron chi connectivity index (χ3n) is 2.97. The van der Waals surface area contributed by atoms with Crippen molar-refractivity contribution in [2.24, 2.45) is 0 Å². The van der Waals surface area contributed by atoms with Crippen LogP contribution in [0.5, 0.6) is 0 Å². The maximum absolute atomic E-state index is 12.0. The number of carbonyl (C=O) groups is 2. The van der Waals surface area contributed by atoms with Gasteiger partial charge in [-0.1, -0.05) is 0 Å². The first-order valence-electron chi connectivity index (χ1n) is 6.19. The Bertz CT molecular complexity index is 658.